The standard InChI is InChI=1S/C23H46N2O3/c1-2-3-4-5-6-7-8-9-10-11-12-13-14-15-22(28-23(26)20-24)21-25-16-18-27-19-17-25/h22H,2-21,24H2,1H3. The third kappa shape index (κ3) is 14.4. The fourth-order valence-corrected chi connectivity index (χ4v) is 3.88. The van der Waals surface area contributed by atoms with E-state index in [0.717, 1.165) is 45.7 Å². The molecule has 1 saturated heterocycles. The van der Waals surface area contributed by atoms with Gasteiger partial charge in [0.2, 0.25) is 0 Å². The second-order valence-corrected chi connectivity index (χ2v) is 8.26. The van der Waals surface area contributed by atoms with Gasteiger partial charge in [-0.2, -0.15) is 0 Å². The lowest BCUT2D eigenvalue weighted by molar-refractivity contribution is -0.149. The number of nitrogens with two attached hydrogens (primary N) is 1. The molecule has 1 rings (SSSR count). The van der Waals surface area contributed by atoms with Gasteiger partial charge >= 0.3 is 5.97 Å². The van der Waals surface area contributed by atoms with Gasteiger partial charge in [-0.15, -0.1) is 0 Å². The first-order valence-electron chi connectivity index (χ1n) is 12.0. The molecule has 28 heavy (non-hydrogen) atoms. The van der Waals surface area contributed by atoms with Crippen molar-refractivity contribution in [1.82, 2.24) is 4.90 Å². The predicted octanol–water partition coefficient (Wildman–Crippen LogP) is 4.67. The molecule has 0 spiro atoms. The van der Waals surface area contributed by atoms with E-state index in [0.29, 0.717) is 0 Å². The van der Waals surface area contributed by atoms with E-state index in [1.54, 1.807) is 0 Å². The first kappa shape index (κ1) is 25.4. The molecule has 0 aliphatic carbocycles. The van der Waals surface area contributed by atoms with Crippen LogP contribution >= 0.6 is 0 Å². The number of hydrogen-bond acceptors (Lipinski definition) is 5. The minimum absolute atomic E-state index is 0.0261. The average Bonchev–Trinajstić information content (AvgIpc) is 2.72. The Labute approximate surface area is 173 Å². The zero-order valence-electron chi connectivity index (χ0n) is 18.5. The Balaban J connectivity index is 2.00. The van der Waals surface area contributed by atoms with Crippen LogP contribution in [0.5, 0.6) is 0 Å². The maximum Gasteiger partial charge on any atom is 0.320 e. The van der Waals surface area contributed by atoms with Crippen molar-refractivity contribution in [3.63, 3.8) is 0 Å². The van der Waals surface area contributed by atoms with Crippen molar-refractivity contribution in [1.29, 1.82) is 0 Å². The molecule has 1 heterocycles. The highest BCUT2D eigenvalue weighted by molar-refractivity contribution is 5.71. The summed E-state index contributed by atoms with van der Waals surface area (Å²) >= 11 is 0. The average molecular weight is 399 g/mol. The highest BCUT2D eigenvalue weighted by Gasteiger charge is 2.19. The first-order valence-corrected chi connectivity index (χ1v) is 12.0. The van der Waals surface area contributed by atoms with Crippen LogP contribution in [-0.2, 0) is 14.3 Å². The zero-order chi connectivity index (χ0) is 20.3. The molecule has 0 aromatic carbocycles. The Morgan fingerprint density at radius 1 is 0.893 bits per heavy atom. The highest BCUT2D eigenvalue weighted by Crippen LogP contribution is 2.15. The molecule has 5 heteroatoms. The van der Waals surface area contributed by atoms with Gasteiger partial charge in [-0.05, 0) is 12.8 Å². The molecule has 1 atom stereocenters. The monoisotopic (exact) mass is 398 g/mol. The minimum atomic E-state index is -0.284. The van der Waals surface area contributed by atoms with Crippen LogP contribution in [0.15, 0.2) is 0 Å². The number of carbonyl (C=O) groups excluding carboxylic acids is 1. The molecular formula is C23H46N2O3. The highest BCUT2D eigenvalue weighted by atomic mass is 16.5. The molecule has 1 aliphatic heterocycles. The Morgan fingerprint density at radius 2 is 1.39 bits per heavy atom. The zero-order valence-corrected chi connectivity index (χ0v) is 18.5. The van der Waals surface area contributed by atoms with Crippen LogP contribution in [0.4, 0.5) is 0 Å². The van der Waals surface area contributed by atoms with Gasteiger partial charge in [0.1, 0.15) is 6.10 Å². The number of hydrogen-bond donors (Lipinski definition) is 1. The van der Waals surface area contributed by atoms with Crippen molar-refractivity contribution in [2.75, 3.05) is 39.4 Å². The Kier molecular flexibility index (Phi) is 16.7. The summed E-state index contributed by atoms with van der Waals surface area (Å²) in [4.78, 5) is 13.9. The SMILES string of the molecule is CCCCCCCCCCCCCCCC(CN1CCOCC1)OC(=O)CN. The van der Waals surface area contributed by atoms with Gasteiger partial charge in [0, 0.05) is 19.6 Å². The van der Waals surface area contributed by atoms with Crippen LogP contribution in [0.2, 0.25) is 0 Å². The van der Waals surface area contributed by atoms with Gasteiger partial charge in [-0.3, -0.25) is 9.69 Å². The second kappa shape index (κ2) is 18.4. The molecule has 5 nitrogen and oxygen atoms in total. The van der Waals surface area contributed by atoms with Gasteiger partial charge < -0.3 is 15.2 Å². The quantitative estimate of drug-likeness (QED) is 0.268. The van der Waals surface area contributed by atoms with Gasteiger partial charge in [0.15, 0.2) is 0 Å². The number of ether oxygens (including phenoxy) is 2. The number of esters is 1. The Bertz CT molecular complexity index is 360. The fourth-order valence-electron chi connectivity index (χ4n) is 3.88. The molecular weight excluding hydrogens is 352 g/mol. The van der Waals surface area contributed by atoms with Crippen LogP contribution < -0.4 is 5.73 Å². The van der Waals surface area contributed by atoms with E-state index >= 15 is 0 Å². The first-order chi connectivity index (χ1) is 13.8. The number of nitrogens with zero attached hydrogens (tertiary/aromatic N) is 1. The molecule has 1 fully saturated rings. The van der Waals surface area contributed by atoms with Crippen molar-refractivity contribution >= 4 is 5.97 Å². The van der Waals surface area contributed by atoms with Crippen molar-refractivity contribution in [3.05, 3.63) is 0 Å². The summed E-state index contributed by atoms with van der Waals surface area (Å²) in [5.41, 5.74) is 5.42. The van der Waals surface area contributed by atoms with Crippen LogP contribution in [0, 0.1) is 0 Å². The van der Waals surface area contributed by atoms with Gasteiger partial charge in [0.25, 0.3) is 0 Å². The Morgan fingerprint density at radius 3 is 1.89 bits per heavy atom. The lowest BCUT2D eigenvalue weighted by atomic mass is 10.0. The molecule has 1 unspecified atom stereocenters. The summed E-state index contributed by atoms with van der Waals surface area (Å²) in [6, 6.07) is 0. The van der Waals surface area contributed by atoms with Crippen LogP contribution in [0.1, 0.15) is 96.8 Å². The van der Waals surface area contributed by atoms with Gasteiger partial charge in [-0.1, -0.05) is 84.0 Å². The smallest absolute Gasteiger partial charge is 0.320 e. The van der Waals surface area contributed by atoms with E-state index in [-0.39, 0.29) is 18.6 Å². The molecule has 0 aromatic rings. The maximum absolute atomic E-state index is 11.6. The normalized spacial score (nSPS) is 16.2. The van der Waals surface area contributed by atoms with E-state index in [2.05, 4.69) is 11.8 Å². The van der Waals surface area contributed by atoms with E-state index in [1.165, 1.54) is 77.0 Å². The molecule has 0 saturated carbocycles. The second-order valence-electron chi connectivity index (χ2n) is 8.26. The fraction of sp³-hybridized carbons (Fsp3) is 0.957. The molecule has 0 bridgehead atoms. The molecule has 0 radical (unpaired) electrons. The Hall–Kier alpha value is -0.650. The van der Waals surface area contributed by atoms with Crippen molar-refractivity contribution in [3.8, 4) is 0 Å². The van der Waals surface area contributed by atoms with E-state index < -0.39 is 0 Å². The van der Waals surface area contributed by atoms with Crippen molar-refractivity contribution in [2.45, 2.75) is 103 Å². The lowest BCUT2D eigenvalue weighted by Gasteiger charge is -2.30. The third-order valence-electron chi connectivity index (χ3n) is 5.66. The van der Waals surface area contributed by atoms with Crippen LogP contribution in [0.25, 0.3) is 0 Å². The lowest BCUT2D eigenvalue weighted by Crippen LogP contribution is -2.42. The minimum Gasteiger partial charge on any atom is -0.460 e. The van der Waals surface area contributed by atoms with E-state index in [9.17, 15) is 4.79 Å². The number of carbonyl (C=O) groups is 1. The van der Waals surface area contributed by atoms with E-state index in [4.69, 9.17) is 15.2 Å². The molecule has 1 aliphatic rings. The number of morpholine rings is 1. The number of rotatable bonds is 18. The summed E-state index contributed by atoms with van der Waals surface area (Å²) in [6.45, 7) is 6.46. The summed E-state index contributed by atoms with van der Waals surface area (Å²) in [6.07, 6.45) is 18.5. The number of unbranched alkanes of at least 4 members (excludes halogenated alkanes) is 12. The maximum atomic E-state index is 11.6. The summed E-state index contributed by atoms with van der Waals surface area (Å²) in [7, 11) is 0. The summed E-state index contributed by atoms with van der Waals surface area (Å²) < 4.78 is 11.0. The molecule has 0 aromatic heterocycles. The van der Waals surface area contributed by atoms with Crippen LogP contribution in [-0.4, -0.2) is 56.4 Å². The van der Waals surface area contributed by atoms with Crippen LogP contribution in [0.3, 0.4) is 0 Å². The van der Waals surface area contributed by atoms with Crippen molar-refractivity contribution in [2.24, 2.45) is 5.73 Å². The molecule has 0 amide bonds. The molecule has 2 N–H and O–H groups in total. The summed E-state index contributed by atoms with van der Waals surface area (Å²) in [5.74, 6) is -0.284. The van der Waals surface area contributed by atoms with Gasteiger partial charge in [0.05, 0.1) is 19.8 Å². The summed E-state index contributed by atoms with van der Waals surface area (Å²) in [5, 5.41) is 0. The third-order valence-corrected chi connectivity index (χ3v) is 5.66. The van der Waals surface area contributed by atoms with Crippen molar-refractivity contribution < 1.29 is 14.3 Å². The van der Waals surface area contributed by atoms with Gasteiger partial charge in [-0.25, -0.2) is 0 Å². The molecule has 166 valence electrons. The topological polar surface area (TPSA) is 64.8 Å². The van der Waals surface area contributed by atoms with E-state index in [1.807, 2.05) is 0 Å². The largest absolute Gasteiger partial charge is 0.460 e. The predicted molar refractivity (Wildman–Crippen MR) is 117 cm³/mol.